The Balaban J connectivity index is 2.04. The summed E-state index contributed by atoms with van der Waals surface area (Å²) in [6, 6.07) is 20.7. The van der Waals surface area contributed by atoms with E-state index in [1.54, 1.807) is 0 Å². The molecule has 1 unspecified atom stereocenters. The Bertz CT molecular complexity index is 926. The third-order valence-electron chi connectivity index (χ3n) is 6.03. The summed E-state index contributed by atoms with van der Waals surface area (Å²) in [5.41, 5.74) is 0.991. The molecule has 0 aromatic heterocycles. The summed E-state index contributed by atoms with van der Waals surface area (Å²) in [5.74, 6) is 0.162. The number of fused-ring (bicyclic) bond motifs is 1. The molecule has 140 valence electrons. The molecule has 0 bridgehead atoms. The Morgan fingerprint density at radius 1 is 0.926 bits per heavy atom. The highest BCUT2D eigenvalue weighted by atomic mass is 31.2. The fourth-order valence-corrected chi connectivity index (χ4v) is 9.14. The van der Waals surface area contributed by atoms with Crippen LogP contribution in [0.3, 0.4) is 0 Å². The first-order chi connectivity index (χ1) is 12.8. The van der Waals surface area contributed by atoms with Crippen LogP contribution in [0.15, 0.2) is 85.0 Å². The van der Waals surface area contributed by atoms with E-state index in [4.69, 9.17) is 0 Å². The summed E-state index contributed by atoms with van der Waals surface area (Å²) >= 11 is 0. The van der Waals surface area contributed by atoms with Gasteiger partial charge in [0.2, 0.25) is 0 Å². The van der Waals surface area contributed by atoms with Gasteiger partial charge in [-0.25, -0.2) is 4.67 Å². The number of hydrogen-bond acceptors (Lipinski definition) is 1. The predicted molar refractivity (Wildman–Crippen MR) is 115 cm³/mol. The lowest BCUT2D eigenvalue weighted by molar-refractivity contribution is 0.184. The molecule has 0 spiro atoms. The molecule has 1 fully saturated rings. The van der Waals surface area contributed by atoms with Crippen LogP contribution in [-0.2, 0) is 4.57 Å². The zero-order valence-electron chi connectivity index (χ0n) is 16.5. The first kappa shape index (κ1) is 18.5. The van der Waals surface area contributed by atoms with E-state index in [0.717, 1.165) is 5.30 Å². The Morgan fingerprint density at radius 3 is 2.11 bits per heavy atom. The summed E-state index contributed by atoms with van der Waals surface area (Å²) < 4.78 is 17.4. The average molecular weight is 377 g/mol. The van der Waals surface area contributed by atoms with Crippen LogP contribution < -0.4 is 5.30 Å². The lowest BCUT2D eigenvalue weighted by atomic mass is 9.80. The highest BCUT2D eigenvalue weighted by Gasteiger charge is 2.65. The van der Waals surface area contributed by atoms with Crippen LogP contribution in [0.1, 0.15) is 39.3 Å². The fourth-order valence-electron chi connectivity index (χ4n) is 4.90. The second-order valence-corrected chi connectivity index (χ2v) is 11.8. The SMILES string of the molecule is CC(C)(C)N1[C@@H](c2ccccc2)[C@@H]2C=CC=C[C@@]2(C)P1(=O)c1ccccc1. The van der Waals surface area contributed by atoms with Crippen molar-refractivity contribution in [3.8, 4) is 0 Å². The zero-order valence-corrected chi connectivity index (χ0v) is 17.4. The summed E-state index contributed by atoms with van der Waals surface area (Å²) in [6.45, 7) is 8.75. The van der Waals surface area contributed by atoms with Crippen LogP contribution in [-0.4, -0.2) is 15.4 Å². The molecule has 2 nitrogen and oxygen atoms in total. The van der Waals surface area contributed by atoms with Crippen molar-refractivity contribution in [3.05, 3.63) is 90.5 Å². The second kappa shape index (κ2) is 6.33. The Morgan fingerprint density at radius 2 is 1.52 bits per heavy atom. The van der Waals surface area contributed by atoms with E-state index >= 15 is 4.57 Å². The minimum atomic E-state index is -2.92. The van der Waals surface area contributed by atoms with Gasteiger partial charge in [-0.3, -0.25) is 0 Å². The van der Waals surface area contributed by atoms with Gasteiger partial charge in [-0.1, -0.05) is 85.0 Å². The summed E-state index contributed by atoms with van der Waals surface area (Å²) in [4.78, 5) is 0. The van der Waals surface area contributed by atoms with Crippen LogP contribution >= 0.6 is 7.29 Å². The molecule has 4 atom stereocenters. The van der Waals surface area contributed by atoms with Crippen LogP contribution in [0.25, 0.3) is 0 Å². The van der Waals surface area contributed by atoms with E-state index < -0.39 is 12.4 Å². The number of nitrogens with zero attached hydrogens (tertiary/aromatic N) is 1. The molecule has 1 aliphatic carbocycles. The lowest BCUT2D eigenvalue weighted by Gasteiger charge is -2.43. The molecule has 1 heterocycles. The first-order valence-electron chi connectivity index (χ1n) is 9.67. The van der Waals surface area contributed by atoms with Crippen molar-refractivity contribution in [3.63, 3.8) is 0 Å². The van der Waals surface area contributed by atoms with E-state index in [1.165, 1.54) is 5.56 Å². The molecular formula is C24H28NOP. The van der Waals surface area contributed by atoms with Crippen molar-refractivity contribution in [1.82, 2.24) is 4.67 Å². The van der Waals surface area contributed by atoms with Gasteiger partial charge in [0.15, 0.2) is 7.29 Å². The molecule has 2 aromatic rings. The van der Waals surface area contributed by atoms with Crippen LogP contribution in [0, 0.1) is 5.92 Å². The third kappa shape index (κ3) is 2.62. The van der Waals surface area contributed by atoms with Crippen molar-refractivity contribution in [2.75, 3.05) is 0 Å². The Labute approximate surface area is 163 Å². The molecule has 2 aliphatic rings. The fraction of sp³-hybridized carbons (Fsp3) is 0.333. The maximum atomic E-state index is 15.1. The van der Waals surface area contributed by atoms with E-state index in [-0.39, 0.29) is 17.5 Å². The van der Waals surface area contributed by atoms with Gasteiger partial charge < -0.3 is 4.57 Å². The highest BCUT2D eigenvalue weighted by molar-refractivity contribution is 7.71. The third-order valence-corrected chi connectivity index (χ3v) is 10.2. The molecule has 27 heavy (non-hydrogen) atoms. The van der Waals surface area contributed by atoms with Gasteiger partial charge in [-0.05, 0) is 33.3 Å². The molecular weight excluding hydrogens is 349 g/mol. The van der Waals surface area contributed by atoms with Gasteiger partial charge in [0, 0.05) is 22.8 Å². The maximum Gasteiger partial charge on any atom is 0.189 e. The standard InChI is InChI=1S/C24H28NOP/c1-23(2,3)25-22(19-13-7-5-8-14-19)21-17-11-12-18-24(21,4)27(25,26)20-15-9-6-10-16-20/h5-18,21-22H,1-4H3/t21-,22-,24+,27?/m0/s1. The van der Waals surface area contributed by atoms with E-state index in [9.17, 15) is 0 Å². The molecule has 1 aliphatic heterocycles. The lowest BCUT2D eigenvalue weighted by Crippen LogP contribution is -2.41. The number of allylic oxidation sites excluding steroid dienone is 3. The average Bonchev–Trinajstić information content (AvgIpc) is 2.89. The van der Waals surface area contributed by atoms with Crippen LogP contribution in [0.5, 0.6) is 0 Å². The molecule has 0 saturated carbocycles. The van der Waals surface area contributed by atoms with E-state index in [1.807, 2.05) is 36.4 Å². The van der Waals surface area contributed by atoms with E-state index in [2.05, 4.69) is 80.9 Å². The van der Waals surface area contributed by atoms with Gasteiger partial charge in [0.1, 0.15) is 0 Å². The molecule has 0 amide bonds. The molecule has 4 rings (SSSR count). The zero-order chi connectivity index (χ0) is 19.3. The van der Waals surface area contributed by atoms with Gasteiger partial charge in [-0.2, -0.15) is 0 Å². The van der Waals surface area contributed by atoms with Crippen molar-refractivity contribution in [1.29, 1.82) is 0 Å². The topological polar surface area (TPSA) is 20.3 Å². The number of benzene rings is 2. The van der Waals surface area contributed by atoms with Gasteiger partial charge in [0.05, 0.1) is 5.16 Å². The van der Waals surface area contributed by atoms with Crippen molar-refractivity contribution >= 4 is 12.6 Å². The predicted octanol–water partition coefficient (Wildman–Crippen LogP) is 5.95. The number of hydrogen-bond donors (Lipinski definition) is 0. The monoisotopic (exact) mass is 377 g/mol. The largest absolute Gasteiger partial charge is 0.300 e. The van der Waals surface area contributed by atoms with Gasteiger partial charge >= 0.3 is 0 Å². The van der Waals surface area contributed by atoms with Crippen molar-refractivity contribution in [2.45, 2.75) is 44.4 Å². The summed E-state index contributed by atoms with van der Waals surface area (Å²) in [5, 5.41) is 0.516. The second-order valence-electron chi connectivity index (χ2n) is 8.78. The van der Waals surface area contributed by atoms with Crippen LogP contribution in [0.2, 0.25) is 0 Å². The van der Waals surface area contributed by atoms with Crippen molar-refractivity contribution in [2.24, 2.45) is 5.92 Å². The summed E-state index contributed by atoms with van der Waals surface area (Å²) in [6.07, 6.45) is 8.64. The van der Waals surface area contributed by atoms with E-state index in [0.29, 0.717) is 0 Å². The minimum Gasteiger partial charge on any atom is -0.300 e. The first-order valence-corrected chi connectivity index (χ1v) is 11.3. The quantitative estimate of drug-likeness (QED) is 0.603. The molecule has 0 radical (unpaired) electrons. The molecule has 0 N–H and O–H groups in total. The Hall–Kier alpha value is -1.89. The Kier molecular flexibility index (Phi) is 4.33. The maximum absolute atomic E-state index is 15.1. The van der Waals surface area contributed by atoms with Gasteiger partial charge in [0.25, 0.3) is 0 Å². The van der Waals surface area contributed by atoms with Crippen LogP contribution in [0.4, 0.5) is 0 Å². The number of rotatable bonds is 2. The minimum absolute atomic E-state index is 0.0726. The van der Waals surface area contributed by atoms with Gasteiger partial charge in [-0.15, -0.1) is 0 Å². The smallest absolute Gasteiger partial charge is 0.189 e. The molecule has 2 aromatic carbocycles. The molecule has 3 heteroatoms. The molecule has 1 saturated heterocycles. The highest BCUT2D eigenvalue weighted by Crippen LogP contribution is 2.76. The van der Waals surface area contributed by atoms with Crippen molar-refractivity contribution < 1.29 is 4.57 Å². The normalized spacial score (nSPS) is 33.2. The summed E-state index contributed by atoms with van der Waals surface area (Å²) in [7, 11) is -2.92.